The molecule has 0 aliphatic rings. The molecule has 3 aromatic heterocycles. The van der Waals surface area contributed by atoms with Gasteiger partial charge in [0.25, 0.3) is 0 Å². The Bertz CT molecular complexity index is 899. The predicted octanol–water partition coefficient (Wildman–Crippen LogP) is 2.60. The summed E-state index contributed by atoms with van der Waals surface area (Å²) in [5.74, 6) is 0. The molecule has 0 fully saturated rings. The SMILES string of the molecule is Cc1cc(C)n([BH-](n2nc(C)cc2C)n2nc(C)cc2C)n1.I[C]#[W+].[C-]#[O+].[C-]#[O+]. The summed E-state index contributed by atoms with van der Waals surface area (Å²) in [5, 5.41) is 14.1. The third-order valence-electron chi connectivity index (χ3n) is 4.11. The number of halogens is 1. The van der Waals surface area contributed by atoms with Gasteiger partial charge < -0.3 is 13.8 Å². The van der Waals surface area contributed by atoms with E-state index >= 15 is 0 Å². The van der Waals surface area contributed by atoms with Gasteiger partial charge in [0.15, 0.2) is 0 Å². The van der Waals surface area contributed by atoms with Crippen molar-refractivity contribution in [2.75, 3.05) is 0 Å². The fourth-order valence-electron chi connectivity index (χ4n) is 3.26. The maximum atomic E-state index is 7.50. The molecular formula is C18H22BIN6O2W. The summed E-state index contributed by atoms with van der Waals surface area (Å²) in [6.45, 7) is 21.3. The Balaban J connectivity index is 0.00000100. The van der Waals surface area contributed by atoms with E-state index in [9.17, 15) is 0 Å². The number of rotatable bonds is 3. The summed E-state index contributed by atoms with van der Waals surface area (Å²) in [7, 11) is -1.26. The van der Waals surface area contributed by atoms with Crippen molar-refractivity contribution in [2.24, 2.45) is 0 Å². The molecule has 152 valence electrons. The molecule has 0 aliphatic carbocycles. The fraction of sp³-hybridized carbons (Fsp3) is 0.333. The van der Waals surface area contributed by atoms with Crippen molar-refractivity contribution in [3.05, 3.63) is 65.7 Å². The molecule has 0 unspecified atom stereocenters. The van der Waals surface area contributed by atoms with Gasteiger partial charge in [0.05, 0.1) is 17.1 Å². The Labute approximate surface area is 195 Å². The average molecular weight is 676 g/mol. The molecule has 0 radical (unpaired) electrons. The van der Waals surface area contributed by atoms with Crippen molar-refractivity contribution in [1.82, 2.24) is 29.1 Å². The van der Waals surface area contributed by atoms with E-state index in [1.165, 1.54) is 19.2 Å². The van der Waals surface area contributed by atoms with E-state index in [0.29, 0.717) is 0 Å². The van der Waals surface area contributed by atoms with Gasteiger partial charge in [-0.15, -0.1) is 0 Å². The van der Waals surface area contributed by atoms with Crippen LogP contribution in [0.15, 0.2) is 18.2 Å². The number of hydrogen-bond donors (Lipinski definition) is 0. The average Bonchev–Trinajstić information content (AvgIpc) is 3.30. The molecule has 0 amide bonds. The Morgan fingerprint density at radius 2 is 0.966 bits per heavy atom. The summed E-state index contributed by atoms with van der Waals surface area (Å²) >= 11 is 3.48. The first kappa shape index (κ1) is 27.4. The second-order valence-electron chi connectivity index (χ2n) is 6.28. The Morgan fingerprint density at radius 1 is 0.759 bits per heavy atom. The summed E-state index contributed by atoms with van der Waals surface area (Å²) in [4.78, 5) is 0. The first-order valence-corrected chi connectivity index (χ1v) is 11.0. The predicted molar refractivity (Wildman–Crippen MR) is 114 cm³/mol. The van der Waals surface area contributed by atoms with Gasteiger partial charge in [-0.3, -0.25) is 0 Å². The molecule has 3 rings (SSSR count). The van der Waals surface area contributed by atoms with Crippen molar-refractivity contribution in [2.45, 2.75) is 41.5 Å². The van der Waals surface area contributed by atoms with Crippen LogP contribution in [0.1, 0.15) is 34.2 Å². The molecule has 0 N–H and O–H groups in total. The second-order valence-corrected chi connectivity index (χ2v) is 10.4. The van der Waals surface area contributed by atoms with Gasteiger partial charge in [-0.2, -0.15) is 0 Å². The van der Waals surface area contributed by atoms with Crippen LogP contribution in [0, 0.1) is 57.1 Å². The van der Waals surface area contributed by atoms with Gasteiger partial charge >= 0.3 is 73.7 Å². The summed E-state index contributed by atoms with van der Waals surface area (Å²) in [6, 6.07) is 6.28. The molecule has 0 bridgehead atoms. The zero-order chi connectivity index (χ0) is 22.7. The minimum atomic E-state index is -1.26. The van der Waals surface area contributed by atoms with E-state index in [4.69, 9.17) is 24.6 Å². The second kappa shape index (κ2) is 13.6. The van der Waals surface area contributed by atoms with Crippen LogP contribution in [0.4, 0.5) is 0 Å². The molecule has 0 atom stereocenters. The molecule has 0 aromatic carbocycles. The zero-order valence-corrected chi connectivity index (χ0v) is 22.3. The van der Waals surface area contributed by atoms with Crippen molar-refractivity contribution in [3.63, 3.8) is 0 Å². The zero-order valence-electron chi connectivity index (χ0n) is 17.2. The van der Waals surface area contributed by atoms with Gasteiger partial charge in [-0.05, 0) is 76.8 Å². The molecule has 0 aliphatic heterocycles. The molecule has 3 heterocycles. The van der Waals surface area contributed by atoms with Crippen molar-refractivity contribution in [3.8, 4) is 2.21 Å². The molecule has 11 heteroatoms. The standard InChI is InChI=1S/C15H22BN6.CI.2CO.W/c1-10-7-13(4)20(17-10)16(21-14(5)8-11(2)18-21)22-15(6)9-12(3)19-22;3*1-2;/h7-9,16H,1-6H3;;;;/q-1;;;;+1. The molecule has 29 heavy (non-hydrogen) atoms. The van der Waals surface area contributed by atoms with Gasteiger partial charge in [-0.25, -0.2) is 15.3 Å². The third kappa shape index (κ3) is 7.29. The van der Waals surface area contributed by atoms with Crippen molar-refractivity contribution in [1.29, 1.82) is 0 Å². The molecule has 3 aromatic rings. The van der Waals surface area contributed by atoms with Crippen molar-refractivity contribution >= 4 is 29.7 Å². The van der Waals surface area contributed by atoms with E-state index < -0.39 is 7.12 Å². The summed E-state index contributed by atoms with van der Waals surface area (Å²) < 4.78 is 24.0. The van der Waals surface area contributed by atoms with Crippen molar-refractivity contribution < 1.29 is 28.5 Å². The van der Waals surface area contributed by atoms with Crippen LogP contribution in [0.3, 0.4) is 0 Å². The number of hydrogen-bond acceptors (Lipinski definition) is 3. The molecule has 8 nitrogen and oxygen atoms in total. The topological polar surface area (TPSA) is 93.3 Å². The van der Waals surface area contributed by atoms with Crippen LogP contribution in [0.25, 0.3) is 0 Å². The normalized spacial score (nSPS) is 9.21. The first-order valence-electron chi connectivity index (χ1n) is 8.42. The first-order chi connectivity index (χ1) is 13.8. The van der Waals surface area contributed by atoms with Crippen LogP contribution in [0.2, 0.25) is 0 Å². The van der Waals surface area contributed by atoms with Crippen LogP contribution in [0.5, 0.6) is 0 Å². The molecule has 0 spiro atoms. The van der Waals surface area contributed by atoms with Gasteiger partial charge in [0.1, 0.15) is 0 Å². The van der Waals surface area contributed by atoms with Crippen LogP contribution in [-0.4, -0.2) is 36.2 Å². The quantitative estimate of drug-likeness (QED) is 0.185. The molecule has 0 saturated carbocycles. The summed E-state index contributed by atoms with van der Waals surface area (Å²) in [6.07, 6.45) is 0. The molecular weight excluding hydrogens is 654 g/mol. The Hall–Kier alpha value is -1.63. The van der Waals surface area contributed by atoms with Crippen LogP contribution in [-0.2, 0) is 28.5 Å². The fourth-order valence-corrected chi connectivity index (χ4v) is 3.26. The van der Waals surface area contributed by atoms with E-state index in [-0.39, 0.29) is 0 Å². The monoisotopic (exact) mass is 676 g/mol. The number of aryl methyl sites for hydroxylation is 6. The van der Waals surface area contributed by atoms with Gasteiger partial charge in [-0.1, -0.05) is 0 Å². The number of nitrogens with zero attached hydrogens (tertiary/aromatic N) is 6. The van der Waals surface area contributed by atoms with E-state index in [1.807, 2.05) is 20.8 Å². The molecule has 0 saturated heterocycles. The van der Waals surface area contributed by atoms with Crippen LogP contribution < -0.4 is 0 Å². The maximum absolute atomic E-state index is 7.50. The number of aromatic nitrogens is 6. The summed E-state index contributed by atoms with van der Waals surface area (Å²) in [5.41, 5.74) is 6.40. The van der Waals surface area contributed by atoms with Gasteiger partial charge in [0, 0.05) is 0 Å². The Morgan fingerprint density at radius 3 is 1.10 bits per heavy atom. The Kier molecular flexibility index (Phi) is 12.8. The van der Waals surface area contributed by atoms with E-state index in [0.717, 1.165) is 34.2 Å². The minimum absolute atomic E-state index is 1.01. The van der Waals surface area contributed by atoms with Crippen LogP contribution >= 0.6 is 22.6 Å². The van der Waals surface area contributed by atoms with E-state index in [1.54, 1.807) is 0 Å². The van der Waals surface area contributed by atoms with E-state index in [2.05, 4.69) is 90.8 Å². The third-order valence-corrected chi connectivity index (χ3v) is 4.11. The van der Waals surface area contributed by atoms with Gasteiger partial charge in [0.2, 0.25) is 0 Å².